The molecule has 0 N–H and O–H groups in total. The van der Waals surface area contributed by atoms with Gasteiger partial charge in [-0.15, -0.1) is 0 Å². The van der Waals surface area contributed by atoms with Crippen LogP contribution in [0.5, 0.6) is 5.75 Å². The lowest BCUT2D eigenvalue weighted by molar-refractivity contribution is 0.304. The third kappa shape index (κ3) is 3.06. The minimum Gasteiger partial charge on any atom is -0.487 e. The molecule has 1 radical (unpaired) electrons. The highest BCUT2D eigenvalue weighted by Gasteiger charge is 1.97. The molecule has 0 unspecified atom stereocenters. The first-order valence-electron chi connectivity index (χ1n) is 4.54. The second-order valence-corrected chi connectivity index (χ2v) is 3.95. The van der Waals surface area contributed by atoms with Gasteiger partial charge in [0.2, 0.25) is 0 Å². The lowest BCUT2D eigenvalue weighted by atomic mass is 10.2. The molecule has 1 aromatic heterocycles. The number of benzene rings is 1. The molecule has 0 saturated carbocycles. The third-order valence-electron chi connectivity index (χ3n) is 1.87. The van der Waals surface area contributed by atoms with E-state index < -0.39 is 0 Å². The summed E-state index contributed by atoms with van der Waals surface area (Å²) in [4.78, 5) is 3.90. The van der Waals surface area contributed by atoms with Gasteiger partial charge in [-0.3, -0.25) is 0 Å². The molecule has 0 amide bonds. The standard InChI is InChI=1S/C12H9BrNO/c13-11-6-12(8-14-7-11)15-9-10-4-2-1-3-5-10/h1-7H,9H2. The fourth-order valence-electron chi connectivity index (χ4n) is 1.16. The molecule has 0 aliphatic rings. The van der Waals surface area contributed by atoms with Crippen molar-refractivity contribution in [1.82, 2.24) is 4.98 Å². The number of ether oxygens (including phenoxy) is 1. The molecule has 15 heavy (non-hydrogen) atoms. The Morgan fingerprint density at radius 1 is 1.27 bits per heavy atom. The van der Waals surface area contributed by atoms with Crippen LogP contribution in [0.4, 0.5) is 0 Å². The van der Waals surface area contributed by atoms with Gasteiger partial charge in [-0.1, -0.05) is 30.3 Å². The van der Waals surface area contributed by atoms with Gasteiger partial charge in [-0.25, -0.2) is 4.98 Å². The molecule has 0 aliphatic carbocycles. The molecule has 0 fully saturated rings. The fraction of sp³-hybridized carbons (Fsp3) is 0.0833. The van der Waals surface area contributed by atoms with Crippen LogP contribution in [0.2, 0.25) is 0 Å². The van der Waals surface area contributed by atoms with E-state index in [1.807, 2.05) is 36.4 Å². The van der Waals surface area contributed by atoms with Crippen LogP contribution in [0.15, 0.2) is 47.1 Å². The molecule has 1 heterocycles. The Bertz CT molecular complexity index is 431. The van der Waals surface area contributed by atoms with Crippen molar-refractivity contribution in [2.24, 2.45) is 0 Å². The Labute approximate surface area is 97.1 Å². The predicted octanol–water partition coefficient (Wildman–Crippen LogP) is 3.22. The van der Waals surface area contributed by atoms with Crippen LogP contribution in [0.1, 0.15) is 5.56 Å². The average Bonchev–Trinajstić information content (AvgIpc) is 2.28. The summed E-state index contributed by atoms with van der Waals surface area (Å²) in [6.45, 7) is 0.537. The maximum absolute atomic E-state index is 5.52. The first kappa shape index (κ1) is 10.2. The lowest BCUT2D eigenvalue weighted by Gasteiger charge is -2.04. The molecular weight excluding hydrogens is 254 g/mol. The van der Waals surface area contributed by atoms with E-state index in [0.29, 0.717) is 12.4 Å². The first-order chi connectivity index (χ1) is 7.34. The Morgan fingerprint density at radius 2 is 2.07 bits per heavy atom. The number of pyridine rings is 1. The molecule has 2 nitrogen and oxygen atoms in total. The van der Waals surface area contributed by atoms with Gasteiger partial charge in [0.25, 0.3) is 0 Å². The van der Waals surface area contributed by atoms with Gasteiger partial charge in [0.05, 0.1) is 0 Å². The van der Waals surface area contributed by atoms with E-state index in [1.54, 1.807) is 6.20 Å². The molecule has 0 atom stereocenters. The minimum atomic E-state index is 0.537. The van der Waals surface area contributed by atoms with Gasteiger partial charge in [0, 0.05) is 10.7 Å². The zero-order valence-electron chi connectivity index (χ0n) is 7.98. The molecule has 3 heteroatoms. The smallest absolute Gasteiger partial charge is 0.148 e. The van der Waals surface area contributed by atoms with Gasteiger partial charge < -0.3 is 4.74 Å². The third-order valence-corrected chi connectivity index (χ3v) is 2.30. The zero-order valence-corrected chi connectivity index (χ0v) is 9.57. The summed E-state index contributed by atoms with van der Waals surface area (Å²) in [7, 11) is 0. The summed E-state index contributed by atoms with van der Waals surface area (Å²) in [5.41, 5.74) is 1.13. The number of halogens is 1. The SMILES string of the molecule is Brc1cn[c]c(OCc2ccccc2)c1. The van der Waals surface area contributed by atoms with E-state index in [2.05, 4.69) is 27.1 Å². The summed E-state index contributed by atoms with van der Waals surface area (Å²) >= 11 is 3.33. The van der Waals surface area contributed by atoms with Gasteiger partial charge in [0.1, 0.15) is 18.6 Å². The molecule has 75 valence electrons. The van der Waals surface area contributed by atoms with Crippen LogP contribution in [-0.2, 0) is 6.61 Å². The van der Waals surface area contributed by atoms with Gasteiger partial charge >= 0.3 is 0 Å². The van der Waals surface area contributed by atoms with E-state index in [9.17, 15) is 0 Å². The highest BCUT2D eigenvalue weighted by Crippen LogP contribution is 2.16. The number of aromatic nitrogens is 1. The van der Waals surface area contributed by atoms with Crippen LogP contribution < -0.4 is 4.74 Å². The van der Waals surface area contributed by atoms with Crippen LogP contribution in [0.25, 0.3) is 0 Å². The summed E-state index contributed by atoms with van der Waals surface area (Å²) in [5, 5.41) is 0. The van der Waals surface area contributed by atoms with Crippen molar-refractivity contribution >= 4 is 15.9 Å². The molecule has 0 spiro atoms. The highest BCUT2D eigenvalue weighted by molar-refractivity contribution is 9.10. The fourth-order valence-corrected chi connectivity index (χ4v) is 1.47. The van der Waals surface area contributed by atoms with Crippen molar-refractivity contribution in [3.63, 3.8) is 0 Å². The molecule has 1 aromatic carbocycles. The maximum Gasteiger partial charge on any atom is 0.148 e. The van der Waals surface area contributed by atoms with Crippen molar-refractivity contribution in [2.45, 2.75) is 6.61 Å². The molecule has 0 bridgehead atoms. The first-order valence-corrected chi connectivity index (χ1v) is 5.34. The topological polar surface area (TPSA) is 22.1 Å². The predicted molar refractivity (Wildman–Crippen MR) is 61.5 cm³/mol. The Hall–Kier alpha value is -1.35. The average molecular weight is 263 g/mol. The Balaban J connectivity index is 1.99. The van der Waals surface area contributed by atoms with Gasteiger partial charge in [-0.05, 0) is 27.6 Å². The summed E-state index contributed by atoms with van der Waals surface area (Å²) in [6, 6.07) is 11.8. The van der Waals surface area contributed by atoms with E-state index in [-0.39, 0.29) is 0 Å². The maximum atomic E-state index is 5.52. The lowest BCUT2D eigenvalue weighted by Crippen LogP contribution is -1.95. The monoisotopic (exact) mass is 262 g/mol. The molecule has 0 aliphatic heterocycles. The van der Waals surface area contributed by atoms with Crippen LogP contribution in [0, 0.1) is 6.20 Å². The van der Waals surface area contributed by atoms with Crippen LogP contribution in [0.3, 0.4) is 0 Å². The Morgan fingerprint density at radius 3 is 2.80 bits per heavy atom. The van der Waals surface area contributed by atoms with E-state index in [4.69, 9.17) is 4.74 Å². The second-order valence-electron chi connectivity index (χ2n) is 3.04. The minimum absolute atomic E-state index is 0.537. The second kappa shape index (κ2) is 4.94. The molecule has 0 saturated heterocycles. The summed E-state index contributed by atoms with van der Waals surface area (Å²) < 4.78 is 6.42. The van der Waals surface area contributed by atoms with Crippen molar-refractivity contribution < 1.29 is 4.74 Å². The number of nitrogens with zero attached hydrogens (tertiary/aromatic N) is 1. The summed E-state index contributed by atoms with van der Waals surface area (Å²) in [5.74, 6) is 0.647. The van der Waals surface area contributed by atoms with Gasteiger partial charge in [-0.2, -0.15) is 0 Å². The Kier molecular flexibility index (Phi) is 3.35. The quantitative estimate of drug-likeness (QED) is 0.848. The van der Waals surface area contributed by atoms with E-state index >= 15 is 0 Å². The number of hydrogen-bond donors (Lipinski definition) is 0. The van der Waals surface area contributed by atoms with Gasteiger partial charge in [0.15, 0.2) is 0 Å². The molecule has 2 aromatic rings. The van der Waals surface area contributed by atoms with E-state index in [0.717, 1.165) is 10.0 Å². The van der Waals surface area contributed by atoms with Crippen molar-refractivity contribution in [3.05, 3.63) is 58.8 Å². The van der Waals surface area contributed by atoms with E-state index in [1.165, 1.54) is 0 Å². The van der Waals surface area contributed by atoms with Crippen molar-refractivity contribution in [2.75, 3.05) is 0 Å². The van der Waals surface area contributed by atoms with Crippen LogP contribution >= 0.6 is 15.9 Å². The molecule has 2 rings (SSSR count). The molecular formula is C12H9BrNO. The number of rotatable bonds is 3. The highest BCUT2D eigenvalue weighted by atomic mass is 79.9. The largest absolute Gasteiger partial charge is 0.487 e. The normalized spacial score (nSPS) is 9.93. The van der Waals surface area contributed by atoms with Crippen LogP contribution in [-0.4, -0.2) is 4.98 Å². The number of hydrogen-bond acceptors (Lipinski definition) is 2. The van der Waals surface area contributed by atoms with Crippen molar-refractivity contribution in [1.29, 1.82) is 0 Å². The van der Waals surface area contributed by atoms with Crippen molar-refractivity contribution in [3.8, 4) is 5.75 Å². The summed E-state index contributed by atoms with van der Waals surface area (Å²) in [6.07, 6.45) is 4.45. The zero-order chi connectivity index (χ0) is 10.5.